The van der Waals surface area contributed by atoms with E-state index >= 15 is 0 Å². The summed E-state index contributed by atoms with van der Waals surface area (Å²) in [6.07, 6.45) is 19.9. The zero-order valence-electron chi connectivity index (χ0n) is 31.6. The Morgan fingerprint density at radius 3 is 2.48 bits per heavy atom. The van der Waals surface area contributed by atoms with Crippen LogP contribution in [0.4, 0.5) is 0 Å². The largest absolute Gasteiger partial charge is 0.480 e. The number of carbonyl (C=O) groups excluding carboxylic acids is 2. The number of carboxylic acids is 1. The molecule has 0 radical (unpaired) electrons. The highest BCUT2D eigenvalue weighted by molar-refractivity contribution is 5.84. The first-order valence-electron chi connectivity index (χ1n) is 20.0. The minimum absolute atomic E-state index is 0.0628. The molecule has 2 saturated carbocycles. The number of carboxylic acid groups (broad SMARTS) is 1. The predicted molar refractivity (Wildman–Crippen MR) is 210 cm³/mol. The number of amides is 1. The Labute approximate surface area is 318 Å². The summed E-state index contributed by atoms with van der Waals surface area (Å²) in [4.78, 5) is 44.0. The zero-order chi connectivity index (χ0) is 37.5. The lowest BCUT2D eigenvalue weighted by atomic mass is 9.47. The van der Waals surface area contributed by atoms with Crippen molar-refractivity contribution in [1.29, 1.82) is 0 Å². The van der Waals surface area contributed by atoms with Gasteiger partial charge >= 0.3 is 11.9 Å². The Morgan fingerprint density at radius 2 is 1.69 bits per heavy atom. The Kier molecular flexibility index (Phi) is 9.93. The second-order valence-corrected chi connectivity index (χ2v) is 16.8. The number of carbonyl (C=O) groups is 3. The number of rotatable bonds is 10. The molecular formula is C47H52N2O5. The molecular weight excluding hydrogens is 673 g/mol. The van der Waals surface area contributed by atoms with Crippen molar-refractivity contribution in [3.8, 4) is 0 Å². The SMILES string of the molecule is C[C@]12CC[C@H](OC(=O)CCC(=O)N(CC(=O)O)Cc3ccc(C4=c5ccccc5=CCC4)cc3)CC1=CC[C@H]1C3CC=C(c4cccnc4)[C@@]3(C)CC[C@@H]12. The molecule has 8 rings (SSSR count). The predicted octanol–water partition coefficient (Wildman–Crippen LogP) is 7.62. The monoisotopic (exact) mass is 724 g/mol. The van der Waals surface area contributed by atoms with Gasteiger partial charge in [0.2, 0.25) is 5.91 Å². The van der Waals surface area contributed by atoms with Gasteiger partial charge in [-0.3, -0.25) is 19.4 Å². The number of hydrogen-bond donors (Lipinski definition) is 1. The van der Waals surface area contributed by atoms with Gasteiger partial charge in [0.1, 0.15) is 12.6 Å². The molecule has 3 aromatic rings. The third-order valence-electron chi connectivity index (χ3n) is 13.9. The molecule has 0 bridgehead atoms. The van der Waals surface area contributed by atoms with Crippen molar-refractivity contribution in [1.82, 2.24) is 9.88 Å². The van der Waals surface area contributed by atoms with E-state index in [-0.39, 0.29) is 48.2 Å². The van der Waals surface area contributed by atoms with Gasteiger partial charge in [-0.05, 0) is 124 Å². The number of ether oxygens (including phenoxy) is 1. The highest BCUT2D eigenvalue weighted by Gasteiger charge is 2.57. The van der Waals surface area contributed by atoms with E-state index in [0.29, 0.717) is 17.8 Å². The van der Waals surface area contributed by atoms with Crippen molar-refractivity contribution in [3.05, 3.63) is 118 Å². The summed E-state index contributed by atoms with van der Waals surface area (Å²) in [7, 11) is 0. The second-order valence-electron chi connectivity index (χ2n) is 16.8. The molecule has 1 unspecified atom stereocenters. The number of allylic oxidation sites excluding steroid dienone is 3. The average molecular weight is 725 g/mol. The molecule has 0 spiro atoms. The van der Waals surface area contributed by atoms with Crippen LogP contribution in [0.25, 0.3) is 17.2 Å². The molecule has 1 amide bonds. The summed E-state index contributed by atoms with van der Waals surface area (Å²) < 4.78 is 6.01. The van der Waals surface area contributed by atoms with Crippen LogP contribution in [0.2, 0.25) is 0 Å². The van der Waals surface area contributed by atoms with E-state index < -0.39 is 12.5 Å². The van der Waals surface area contributed by atoms with Gasteiger partial charge < -0.3 is 14.7 Å². The number of aromatic nitrogens is 1. The molecule has 5 aliphatic rings. The average Bonchev–Trinajstić information content (AvgIpc) is 3.54. The van der Waals surface area contributed by atoms with Crippen molar-refractivity contribution in [3.63, 3.8) is 0 Å². The standard InChI is InChI=1S/C47H52N2O5/c1-46-24-22-36(27-35(46)16-17-39-41-19-18-40(34-9-6-26-48-28-34)47(41,2)25-23-42(39)46)54-45(53)21-20-43(50)49(30-44(51)52)29-31-12-14-33(15-13-31)38-11-5-8-32-7-3-4-10-37(32)38/h3-4,6-10,12-16,18,26,28,36,39,41-42H,5,11,17,19-25,27,29-30H2,1-2H3,(H,51,52)/t36-,39-,41?,42-,46-,47+/m0/s1. The minimum Gasteiger partial charge on any atom is -0.480 e. The molecule has 7 nitrogen and oxygen atoms in total. The Hall–Kier alpha value is -4.78. The van der Waals surface area contributed by atoms with E-state index in [0.717, 1.165) is 56.1 Å². The van der Waals surface area contributed by atoms with Gasteiger partial charge in [0.15, 0.2) is 0 Å². The van der Waals surface area contributed by atoms with Gasteiger partial charge in [-0.2, -0.15) is 0 Å². The third kappa shape index (κ3) is 6.86. The Morgan fingerprint density at radius 1 is 0.870 bits per heavy atom. The van der Waals surface area contributed by atoms with Crippen LogP contribution in [-0.2, 0) is 25.7 Å². The lowest BCUT2D eigenvalue weighted by Crippen LogP contribution is -2.50. The molecule has 2 aromatic carbocycles. The molecule has 5 aliphatic carbocycles. The van der Waals surface area contributed by atoms with Crippen LogP contribution >= 0.6 is 0 Å². The van der Waals surface area contributed by atoms with Crippen molar-refractivity contribution in [2.24, 2.45) is 28.6 Å². The van der Waals surface area contributed by atoms with Crippen LogP contribution in [0, 0.1) is 28.6 Å². The third-order valence-corrected chi connectivity index (χ3v) is 13.9. The van der Waals surface area contributed by atoms with Crippen LogP contribution in [-0.4, -0.2) is 45.5 Å². The molecule has 2 fully saturated rings. The van der Waals surface area contributed by atoms with Crippen LogP contribution < -0.4 is 10.4 Å². The summed E-state index contributed by atoms with van der Waals surface area (Å²) in [5.41, 5.74) is 7.76. The fourth-order valence-electron chi connectivity index (χ4n) is 11.1. The summed E-state index contributed by atoms with van der Waals surface area (Å²) in [6, 6.07) is 20.7. The molecule has 0 saturated heterocycles. The number of benzene rings is 2. The second kappa shape index (κ2) is 14.8. The van der Waals surface area contributed by atoms with Gasteiger partial charge in [-0.15, -0.1) is 0 Å². The molecule has 7 heteroatoms. The fraction of sp³-hybridized carbons (Fsp3) is 0.447. The van der Waals surface area contributed by atoms with E-state index in [9.17, 15) is 19.5 Å². The van der Waals surface area contributed by atoms with Crippen molar-refractivity contribution < 1.29 is 24.2 Å². The van der Waals surface area contributed by atoms with Crippen LogP contribution in [0.15, 0.2) is 90.8 Å². The van der Waals surface area contributed by atoms with Gasteiger partial charge in [0, 0.05) is 31.8 Å². The first kappa shape index (κ1) is 36.2. The number of esters is 1. The number of aliphatic carboxylic acids is 1. The molecule has 1 aromatic heterocycles. The number of fused-ring (bicyclic) bond motifs is 6. The van der Waals surface area contributed by atoms with Crippen LogP contribution in [0.3, 0.4) is 0 Å². The van der Waals surface area contributed by atoms with E-state index in [2.05, 4.69) is 79.5 Å². The zero-order valence-corrected chi connectivity index (χ0v) is 31.6. The lowest BCUT2D eigenvalue weighted by Gasteiger charge is -2.57. The van der Waals surface area contributed by atoms with E-state index in [1.54, 1.807) is 0 Å². The fourth-order valence-corrected chi connectivity index (χ4v) is 11.1. The molecule has 1 heterocycles. The van der Waals surface area contributed by atoms with E-state index in [1.807, 2.05) is 30.6 Å². The van der Waals surface area contributed by atoms with E-state index in [1.165, 1.54) is 50.5 Å². The Bertz CT molecular complexity index is 2120. The van der Waals surface area contributed by atoms with Crippen LogP contribution in [0.5, 0.6) is 0 Å². The summed E-state index contributed by atoms with van der Waals surface area (Å²) >= 11 is 0. The van der Waals surface area contributed by atoms with Gasteiger partial charge in [0.05, 0.1) is 6.42 Å². The highest BCUT2D eigenvalue weighted by Crippen LogP contribution is 2.66. The summed E-state index contributed by atoms with van der Waals surface area (Å²) in [5.74, 6) is 0.0746. The maximum atomic E-state index is 13.3. The van der Waals surface area contributed by atoms with Gasteiger partial charge in [-0.25, -0.2) is 0 Å². The molecule has 6 atom stereocenters. The molecule has 280 valence electrons. The minimum atomic E-state index is -1.08. The summed E-state index contributed by atoms with van der Waals surface area (Å²) in [6.45, 7) is 4.68. The van der Waals surface area contributed by atoms with Crippen molar-refractivity contribution >= 4 is 35.1 Å². The quantitative estimate of drug-likeness (QED) is 0.171. The van der Waals surface area contributed by atoms with Crippen LogP contribution in [0.1, 0.15) is 101 Å². The molecule has 1 N–H and O–H groups in total. The number of nitrogens with zero attached hydrogens (tertiary/aromatic N) is 2. The van der Waals surface area contributed by atoms with E-state index in [4.69, 9.17) is 4.74 Å². The van der Waals surface area contributed by atoms with Gasteiger partial charge in [-0.1, -0.05) is 92.2 Å². The highest BCUT2D eigenvalue weighted by atomic mass is 16.5. The molecule has 54 heavy (non-hydrogen) atoms. The number of pyridine rings is 1. The lowest BCUT2D eigenvalue weighted by molar-refractivity contribution is -0.153. The maximum Gasteiger partial charge on any atom is 0.323 e. The smallest absolute Gasteiger partial charge is 0.323 e. The topological polar surface area (TPSA) is 96.8 Å². The Balaban J connectivity index is 0.862. The first-order valence-corrected chi connectivity index (χ1v) is 20.0. The van der Waals surface area contributed by atoms with Gasteiger partial charge in [0.25, 0.3) is 0 Å². The summed E-state index contributed by atoms with van der Waals surface area (Å²) in [5, 5.41) is 12.1. The van der Waals surface area contributed by atoms with Crippen molar-refractivity contribution in [2.75, 3.05) is 6.54 Å². The number of hydrogen-bond acceptors (Lipinski definition) is 5. The van der Waals surface area contributed by atoms with Crippen molar-refractivity contribution in [2.45, 2.75) is 97.1 Å². The maximum absolute atomic E-state index is 13.3. The molecule has 0 aliphatic heterocycles. The first-order chi connectivity index (χ1) is 26.1. The normalized spacial score (nSPS) is 28.2.